The highest BCUT2D eigenvalue weighted by atomic mass is 16.5. The third-order valence-corrected chi connectivity index (χ3v) is 4.10. The molecule has 1 N–H and O–H groups in total. The first-order valence-electron chi connectivity index (χ1n) is 8.35. The lowest BCUT2D eigenvalue weighted by Crippen LogP contribution is -2.43. The van der Waals surface area contributed by atoms with Crippen molar-refractivity contribution in [2.24, 2.45) is 0 Å². The van der Waals surface area contributed by atoms with Gasteiger partial charge in [0.05, 0.1) is 12.2 Å². The van der Waals surface area contributed by atoms with Crippen LogP contribution in [0, 0.1) is 18.3 Å². The zero-order valence-electron chi connectivity index (χ0n) is 14.8. The lowest BCUT2D eigenvalue weighted by atomic mass is 10.1. The van der Waals surface area contributed by atoms with Gasteiger partial charge in [-0.3, -0.25) is 4.79 Å². The topological polar surface area (TPSA) is 65.4 Å². The van der Waals surface area contributed by atoms with Gasteiger partial charge < -0.3 is 15.0 Å². The van der Waals surface area contributed by atoms with Crippen molar-refractivity contribution in [1.82, 2.24) is 4.90 Å². The maximum Gasteiger partial charge on any atom is 0.267 e. The molecule has 1 aromatic rings. The number of anilines is 1. The van der Waals surface area contributed by atoms with Crippen LogP contribution in [0.5, 0.6) is 0 Å². The molecular weight excluding hydrogens is 302 g/mol. The van der Waals surface area contributed by atoms with Crippen LogP contribution >= 0.6 is 0 Å². The van der Waals surface area contributed by atoms with Crippen LogP contribution in [-0.4, -0.2) is 36.1 Å². The second-order valence-electron chi connectivity index (χ2n) is 6.28. The average molecular weight is 327 g/mol. The molecule has 2 rings (SSSR count). The highest BCUT2D eigenvalue weighted by molar-refractivity contribution is 6.07. The van der Waals surface area contributed by atoms with Crippen LogP contribution in [0.3, 0.4) is 0 Å². The van der Waals surface area contributed by atoms with Crippen LogP contribution in [0.25, 0.3) is 0 Å². The lowest BCUT2D eigenvalue weighted by Gasteiger charge is -2.34. The number of benzene rings is 1. The third kappa shape index (κ3) is 4.36. The number of nitrogens with zero attached hydrogens (tertiary/aromatic N) is 2. The van der Waals surface area contributed by atoms with Crippen LogP contribution in [0.15, 0.2) is 30.0 Å². The zero-order chi connectivity index (χ0) is 17.7. The molecule has 0 aliphatic carbocycles. The molecule has 1 aromatic carbocycles. The second-order valence-corrected chi connectivity index (χ2v) is 6.28. The number of hydrogen-bond donors (Lipinski definition) is 1. The van der Waals surface area contributed by atoms with E-state index in [0.717, 1.165) is 23.2 Å². The molecule has 0 saturated carbocycles. The summed E-state index contributed by atoms with van der Waals surface area (Å²) in [6.07, 6.45) is 2.63. The van der Waals surface area contributed by atoms with Gasteiger partial charge in [0.25, 0.3) is 5.91 Å². The molecule has 1 aliphatic rings. The van der Waals surface area contributed by atoms with Gasteiger partial charge in [-0.05, 0) is 38.3 Å². The van der Waals surface area contributed by atoms with Gasteiger partial charge in [-0.25, -0.2) is 0 Å². The quantitative estimate of drug-likeness (QED) is 0.682. The summed E-state index contributed by atoms with van der Waals surface area (Å²) in [5, 5.41) is 12.3. The van der Waals surface area contributed by atoms with Gasteiger partial charge in [0.15, 0.2) is 0 Å². The summed E-state index contributed by atoms with van der Waals surface area (Å²) in [5.41, 5.74) is 2.97. The summed E-state index contributed by atoms with van der Waals surface area (Å²) in [4.78, 5) is 14.5. The molecule has 1 fully saturated rings. The van der Waals surface area contributed by atoms with Crippen molar-refractivity contribution in [1.29, 1.82) is 5.26 Å². The number of ether oxygens (including phenoxy) is 1. The number of carbonyl (C=O) groups excluding carboxylic acids is 1. The number of aryl methyl sites for hydroxylation is 2. The molecule has 5 heteroatoms. The Kier molecular flexibility index (Phi) is 5.99. The van der Waals surface area contributed by atoms with Crippen LogP contribution in [0.2, 0.25) is 0 Å². The first-order valence-corrected chi connectivity index (χ1v) is 8.35. The SMILES string of the molecule is CCc1cccc(C)c1NC(=O)/C(C#N)=C\N1CC(C)OC(C)C1. The highest BCUT2D eigenvalue weighted by Gasteiger charge is 2.22. The van der Waals surface area contributed by atoms with E-state index in [-0.39, 0.29) is 23.7 Å². The van der Waals surface area contributed by atoms with E-state index in [0.29, 0.717) is 13.1 Å². The highest BCUT2D eigenvalue weighted by Crippen LogP contribution is 2.22. The first kappa shape index (κ1) is 18.0. The van der Waals surface area contributed by atoms with Gasteiger partial charge in [0.1, 0.15) is 11.6 Å². The van der Waals surface area contributed by atoms with Gasteiger partial charge in [0, 0.05) is 25.0 Å². The molecule has 0 spiro atoms. The van der Waals surface area contributed by atoms with E-state index in [9.17, 15) is 10.1 Å². The number of rotatable bonds is 4. The molecule has 5 nitrogen and oxygen atoms in total. The molecule has 1 amide bonds. The minimum Gasteiger partial charge on any atom is -0.372 e. The molecule has 1 aliphatic heterocycles. The predicted octanol–water partition coefficient (Wildman–Crippen LogP) is 3.01. The van der Waals surface area contributed by atoms with Crippen molar-refractivity contribution in [2.45, 2.75) is 46.3 Å². The molecule has 0 aromatic heterocycles. The smallest absolute Gasteiger partial charge is 0.267 e. The molecule has 1 saturated heterocycles. The van der Waals surface area contributed by atoms with E-state index in [1.807, 2.05) is 56.9 Å². The van der Waals surface area contributed by atoms with Crippen molar-refractivity contribution in [3.8, 4) is 6.07 Å². The van der Waals surface area contributed by atoms with E-state index in [1.165, 1.54) is 0 Å². The standard InChI is InChI=1S/C19H25N3O2/c1-5-16-8-6-7-13(2)18(16)21-19(23)17(9-20)12-22-10-14(3)24-15(4)11-22/h6-8,12,14-15H,5,10-11H2,1-4H3,(H,21,23)/b17-12-. The number of morpholine rings is 1. The van der Waals surface area contributed by atoms with Crippen molar-refractivity contribution in [3.63, 3.8) is 0 Å². The summed E-state index contributed by atoms with van der Waals surface area (Å²) in [6.45, 7) is 9.32. The number of para-hydroxylation sites is 1. The largest absolute Gasteiger partial charge is 0.372 e. The van der Waals surface area contributed by atoms with Crippen LogP contribution < -0.4 is 5.32 Å². The molecule has 128 valence electrons. The van der Waals surface area contributed by atoms with Gasteiger partial charge >= 0.3 is 0 Å². The van der Waals surface area contributed by atoms with Crippen LogP contribution in [0.1, 0.15) is 31.9 Å². The number of hydrogen-bond acceptors (Lipinski definition) is 4. The Balaban J connectivity index is 2.18. The molecular formula is C19H25N3O2. The fourth-order valence-corrected chi connectivity index (χ4v) is 3.03. The van der Waals surface area contributed by atoms with E-state index >= 15 is 0 Å². The summed E-state index contributed by atoms with van der Waals surface area (Å²) in [6, 6.07) is 7.94. The molecule has 0 bridgehead atoms. The first-order chi connectivity index (χ1) is 11.4. The monoisotopic (exact) mass is 327 g/mol. The Labute approximate surface area is 143 Å². The summed E-state index contributed by atoms with van der Waals surface area (Å²) in [5.74, 6) is -0.367. The van der Waals surface area contributed by atoms with Crippen molar-refractivity contribution >= 4 is 11.6 Å². The maximum absolute atomic E-state index is 12.5. The second kappa shape index (κ2) is 7.98. The summed E-state index contributed by atoms with van der Waals surface area (Å²) < 4.78 is 5.68. The van der Waals surface area contributed by atoms with Gasteiger partial charge in [0.2, 0.25) is 0 Å². The molecule has 2 unspecified atom stereocenters. The minimum atomic E-state index is -0.367. The zero-order valence-corrected chi connectivity index (χ0v) is 14.8. The van der Waals surface area contributed by atoms with E-state index in [4.69, 9.17) is 4.74 Å². The van der Waals surface area contributed by atoms with Crippen molar-refractivity contribution in [2.75, 3.05) is 18.4 Å². The van der Waals surface area contributed by atoms with E-state index in [1.54, 1.807) is 6.20 Å². The Hall–Kier alpha value is -2.32. The van der Waals surface area contributed by atoms with Crippen molar-refractivity contribution in [3.05, 3.63) is 41.1 Å². The number of nitrogens with one attached hydrogen (secondary N) is 1. The minimum absolute atomic E-state index is 0.0797. The van der Waals surface area contributed by atoms with Crippen molar-refractivity contribution < 1.29 is 9.53 Å². The predicted molar refractivity (Wildman–Crippen MR) is 94.5 cm³/mol. The van der Waals surface area contributed by atoms with E-state index < -0.39 is 0 Å². The third-order valence-electron chi connectivity index (χ3n) is 4.10. The lowest BCUT2D eigenvalue weighted by molar-refractivity contribution is -0.112. The summed E-state index contributed by atoms with van der Waals surface area (Å²) in [7, 11) is 0. The Morgan fingerprint density at radius 2 is 2.08 bits per heavy atom. The van der Waals surface area contributed by atoms with E-state index in [2.05, 4.69) is 5.32 Å². The fourth-order valence-electron chi connectivity index (χ4n) is 3.03. The normalized spacial score (nSPS) is 21.3. The van der Waals surface area contributed by atoms with Crippen LogP contribution in [-0.2, 0) is 16.0 Å². The number of amides is 1. The molecule has 24 heavy (non-hydrogen) atoms. The van der Waals surface area contributed by atoms with Crippen LogP contribution in [0.4, 0.5) is 5.69 Å². The number of carbonyl (C=O) groups is 1. The maximum atomic E-state index is 12.5. The fraction of sp³-hybridized carbons (Fsp3) is 0.474. The molecule has 2 atom stereocenters. The Bertz CT molecular complexity index is 666. The molecule has 1 heterocycles. The van der Waals surface area contributed by atoms with Gasteiger partial charge in [-0.15, -0.1) is 0 Å². The Morgan fingerprint density at radius 3 is 2.67 bits per heavy atom. The molecule has 0 radical (unpaired) electrons. The van der Waals surface area contributed by atoms with Gasteiger partial charge in [-0.1, -0.05) is 25.1 Å². The average Bonchev–Trinajstić information content (AvgIpc) is 2.53. The van der Waals surface area contributed by atoms with Gasteiger partial charge in [-0.2, -0.15) is 5.26 Å². The number of nitriles is 1. The summed E-state index contributed by atoms with van der Waals surface area (Å²) >= 11 is 0. The Morgan fingerprint density at radius 1 is 1.42 bits per heavy atom.